The van der Waals surface area contributed by atoms with Crippen LogP contribution in [-0.2, 0) is 18.9 Å². The van der Waals surface area contributed by atoms with E-state index in [-0.39, 0.29) is 0 Å². The predicted molar refractivity (Wildman–Crippen MR) is 129 cm³/mol. The predicted octanol–water partition coefficient (Wildman–Crippen LogP) is 4.32. The fourth-order valence-electron chi connectivity index (χ4n) is 3.13. The third kappa shape index (κ3) is 19.7. The lowest BCUT2D eigenvalue weighted by molar-refractivity contribution is -0.0748. The van der Waals surface area contributed by atoms with Crippen molar-refractivity contribution in [2.24, 2.45) is 0 Å². The van der Waals surface area contributed by atoms with E-state index in [9.17, 15) is 0 Å². The number of rotatable bonds is 8. The molecule has 2 aliphatic rings. The van der Waals surface area contributed by atoms with Crippen molar-refractivity contribution >= 4 is 0 Å². The van der Waals surface area contributed by atoms with Crippen LogP contribution in [-0.4, -0.2) is 99.9 Å². The van der Waals surface area contributed by atoms with E-state index in [0.717, 1.165) is 65.7 Å². The van der Waals surface area contributed by atoms with Gasteiger partial charge in [-0.05, 0) is 41.5 Å². The molecular weight excluding hydrogens is 380 g/mol. The summed E-state index contributed by atoms with van der Waals surface area (Å²) in [6.45, 7) is 30.2. The van der Waals surface area contributed by atoms with E-state index < -0.39 is 0 Å². The second-order valence-electron chi connectivity index (χ2n) is 7.81. The molecule has 0 aliphatic carbocycles. The van der Waals surface area contributed by atoms with Gasteiger partial charge in [0.05, 0.1) is 50.8 Å². The largest absolute Gasteiger partial charge is 0.379 e. The molecule has 2 rings (SSSR count). The molecule has 2 fully saturated rings. The second kappa shape index (κ2) is 22.0. The van der Waals surface area contributed by atoms with Crippen molar-refractivity contribution in [1.82, 2.24) is 9.80 Å². The monoisotopic (exact) mass is 434 g/mol. The van der Waals surface area contributed by atoms with E-state index in [0.29, 0.717) is 24.4 Å². The lowest BCUT2D eigenvalue weighted by Crippen LogP contribution is -2.46. The van der Waals surface area contributed by atoms with Gasteiger partial charge in [0.1, 0.15) is 0 Å². The maximum absolute atomic E-state index is 5.66. The van der Waals surface area contributed by atoms with Crippen LogP contribution < -0.4 is 0 Å². The van der Waals surface area contributed by atoms with E-state index in [4.69, 9.17) is 18.9 Å². The Labute approximate surface area is 188 Å². The molecule has 184 valence electrons. The van der Waals surface area contributed by atoms with E-state index >= 15 is 0 Å². The first-order chi connectivity index (χ1) is 14.4. The van der Waals surface area contributed by atoms with Gasteiger partial charge in [0.2, 0.25) is 0 Å². The molecule has 0 N–H and O–H groups in total. The Morgan fingerprint density at radius 1 is 0.733 bits per heavy atom. The molecule has 6 nitrogen and oxygen atoms in total. The Kier molecular flexibility index (Phi) is 23.4. The summed E-state index contributed by atoms with van der Waals surface area (Å²) in [6, 6.07) is 0. The standard InChI is InChI=1S/C11H23NO2.C9H19NO2.2C2H6/c1-9(2)13-6-5-12-7-10(3)14-11(4)8-12;1-9(2)12-8-5-10-3-6-11-7-4-10;2*1-2/h9-11H,5-8H2,1-4H3;9H,3-8H2,1-2H3;2*1-2H3. The number of hydrogen-bond donors (Lipinski definition) is 0. The molecule has 6 heteroatoms. The van der Waals surface area contributed by atoms with Crippen molar-refractivity contribution in [3.63, 3.8) is 0 Å². The molecule has 0 spiro atoms. The minimum Gasteiger partial charge on any atom is -0.379 e. The van der Waals surface area contributed by atoms with E-state index in [2.05, 4.69) is 51.3 Å². The highest BCUT2D eigenvalue weighted by Crippen LogP contribution is 2.10. The quantitative estimate of drug-likeness (QED) is 0.567. The third-order valence-corrected chi connectivity index (χ3v) is 4.32. The summed E-state index contributed by atoms with van der Waals surface area (Å²) in [4.78, 5) is 4.80. The van der Waals surface area contributed by atoms with Gasteiger partial charge in [0.15, 0.2) is 0 Å². The first-order valence-corrected chi connectivity index (χ1v) is 12.3. The minimum atomic E-state index is 0.339. The first kappa shape index (κ1) is 31.9. The van der Waals surface area contributed by atoms with Crippen LogP contribution in [0, 0.1) is 0 Å². The lowest BCUT2D eigenvalue weighted by atomic mass is 10.2. The van der Waals surface area contributed by atoms with Crippen molar-refractivity contribution in [1.29, 1.82) is 0 Å². The molecule has 2 saturated heterocycles. The molecule has 0 radical (unpaired) electrons. The van der Waals surface area contributed by atoms with Gasteiger partial charge >= 0.3 is 0 Å². The molecule has 0 saturated carbocycles. The molecule has 2 atom stereocenters. The molecule has 30 heavy (non-hydrogen) atoms. The summed E-state index contributed by atoms with van der Waals surface area (Å²) in [6.07, 6.45) is 1.41. The highest BCUT2D eigenvalue weighted by atomic mass is 16.5. The van der Waals surface area contributed by atoms with Crippen molar-refractivity contribution in [2.45, 2.75) is 93.7 Å². The summed E-state index contributed by atoms with van der Waals surface area (Å²) in [5.41, 5.74) is 0. The summed E-state index contributed by atoms with van der Waals surface area (Å²) in [5.74, 6) is 0. The Morgan fingerprint density at radius 2 is 1.13 bits per heavy atom. The van der Waals surface area contributed by atoms with Gasteiger partial charge in [-0.3, -0.25) is 9.80 Å². The van der Waals surface area contributed by atoms with Crippen LogP contribution in [0.2, 0.25) is 0 Å². The Hall–Kier alpha value is -0.240. The molecule has 0 bridgehead atoms. The zero-order chi connectivity index (χ0) is 23.4. The second-order valence-corrected chi connectivity index (χ2v) is 7.81. The number of morpholine rings is 2. The van der Waals surface area contributed by atoms with Crippen LogP contribution in [0.5, 0.6) is 0 Å². The molecule has 0 aromatic rings. The first-order valence-electron chi connectivity index (χ1n) is 12.3. The Balaban J connectivity index is 0. The van der Waals surface area contributed by atoms with Gasteiger partial charge < -0.3 is 18.9 Å². The molecule has 2 heterocycles. The average Bonchev–Trinajstić information content (AvgIpc) is 2.71. The molecule has 0 aromatic carbocycles. The van der Waals surface area contributed by atoms with Crippen LogP contribution in [0.15, 0.2) is 0 Å². The van der Waals surface area contributed by atoms with Crippen molar-refractivity contribution in [3.8, 4) is 0 Å². The zero-order valence-corrected chi connectivity index (χ0v) is 21.9. The van der Waals surface area contributed by atoms with E-state index in [1.54, 1.807) is 0 Å². The maximum Gasteiger partial charge on any atom is 0.0678 e. The fourth-order valence-corrected chi connectivity index (χ4v) is 3.13. The number of hydrogen-bond acceptors (Lipinski definition) is 6. The van der Waals surface area contributed by atoms with Crippen LogP contribution in [0.3, 0.4) is 0 Å². The van der Waals surface area contributed by atoms with Gasteiger partial charge in [0, 0.05) is 39.3 Å². The summed E-state index contributed by atoms with van der Waals surface area (Å²) in [5, 5.41) is 0. The van der Waals surface area contributed by atoms with Gasteiger partial charge in [-0.25, -0.2) is 0 Å². The molecular formula is C24H54N2O4. The van der Waals surface area contributed by atoms with E-state index in [1.807, 2.05) is 27.7 Å². The van der Waals surface area contributed by atoms with E-state index in [1.165, 1.54) is 0 Å². The summed E-state index contributed by atoms with van der Waals surface area (Å²) < 4.78 is 21.9. The zero-order valence-electron chi connectivity index (χ0n) is 21.9. The average molecular weight is 435 g/mol. The van der Waals surface area contributed by atoms with Gasteiger partial charge in [0.25, 0.3) is 0 Å². The molecule has 0 aromatic heterocycles. The van der Waals surface area contributed by atoms with Crippen LogP contribution in [0.25, 0.3) is 0 Å². The van der Waals surface area contributed by atoms with Crippen molar-refractivity contribution in [3.05, 3.63) is 0 Å². The topological polar surface area (TPSA) is 43.4 Å². The third-order valence-electron chi connectivity index (χ3n) is 4.32. The molecule has 0 amide bonds. The highest BCUT2D eigenvalue weighted by molar-refractivity contribution is 4.72. The normalized spacial score (nSPS) is 22.4. The summed E-state index contributed by atoms with van der Waals surface area (Å²) >= 11 is 0. The summed E-state index contributed by atoms with van der Waals surface area (Å²) in [7, 11) is 0. The van der Waals surface area contributed by atoms with Gasteiger partial charge in [-0.1, -0.05) is 27.7 Å². The SMILES string of the molecule is CC.CC.CC(C)OCCN1CC(C)OC(C)C1.CC(C)OCCN1CCOCC1. The minimum absolute atomic E-state index is 0.339. The smallest absolute Gasteiger partial charge is 0.0678 e. The number of nitrogens with zero attached hydrogens (tertiary/aromatic N) is 2. The lowest BCUT2D eigenvalue weighted by Gasteiger charge is -2.35. The number of ether oxygens (including phenoxy) is 4. The van der Waals surface area contributed by atoms with Crippen LogP contribution in [0.4, 0.5) is 0 Å². The molecule has 2 aliphatic heterocycles. The fraction of sp³-hybridized carbons (Fsp3) is 1.00. The Morgan fingerprint density at radius 3 is 1.53 bits per heavy atom. The molecule has 2 unspecified atom stereocenters. The van der Waals surface area contributed by atoms with Gasteiger partial charge in [-0.2, -0.15) is 0 Å². The maximum atomic E-state index is 5.66. The van der Waals surface area contributed by atoms with Crippen molar-refractivity contribution < 1.29 is 18.9 Å². The van der Waals surface area contributed by atoms with Crippen molar-refractivity contribution in [2.75, 3.05) is 65.7 Å². The van der Waals surface area contributed by atoms with Crippen LogP contribution in [0.1, 0.15) is 69.2 Å². The Bertz CT molecular complexity index is 327. The highest BCUT2D eigenvalue weighted by Gasteiger charge is 2.21. The van der Waals surface area contributed by atoms with Gasteiger partial charge in [-0.15, -0.1) is 0 Å². The van der Waals surface area contributed by atoms with Crippen LogP contribution >= 0.6 is 0 Å².